The van der Waals surface area contributed by atoms with Crippen LogP contribution < -0.4 is 5.32 Å². The van der Waals surface area contributed by atoms with Crippen LogP contribution in [0.3, 0.4) is 0 Å². The molecule has 2 rings (SSSR count). The van der Waals surface area contributed by atoms with Crippen molar-refractivity contribution in [3.8, 4) is 0 Å². The van der Waals surface area contributed by atoms with E-state index in [4.69, 9.17) is 5.11 Å². The lowest BCUT2D eigenvalue weighted by atomic mass is 10.1. The van der Waals surface area contributed by atoms with Gasteiger partial charge in [-0.2, -0.15) is 0 Å². The summed E-state index contributed by atoms with van der Waals surface area (Å²) >= 11 is 0. The molecule has 17 heavy (non-hydrogen) atoms. The number of rotatable bonds is 5. The number of nitro groups is 1. The fourth-order valence-electron chi connectivity index (χ4n) is 1.63. The van der Waals surface area contributed by atoms with E-state index in [1.807, 2.05) is 0 Å². The molecule has 0 amide bonds. The summed E-state index contributed by atoms with van der Waals surface area (Å²) in [7, 11) is 0. The lowest BCUT2D eigenvalue weighted by Gasteiger charge is -2.07. The highest BCUT2D eigenvalue weighted by Crippen LogP contribution is 2.32. The number of anilines is 1. The van der Waals surface area contributed by atoms with Crippen LogP contribution in [0.25, 0.3) is 0 Å². The summed E-state index contributed by atoms with van der Waals surface area (Å²) in [6, 6.07) is 4.28. The summed E-state index contributed by atoms with van der Waals surface area (Å²) in [4.78, 5) is 21.2. The third kappa shape index (κ3) is 2.52. The summed E-state index contributed by atoms with van der Waals surface area (Å²) in [6.07, 6.45) is 2.25. The molecule has 6 heteroatoms. The number of aromatic carboxylic acids is 1. The third-order valence-corrected chi connectivity index (χ3v) is 2.73. The van der Waals surface area contributed by atoms with E-state index in [2.05, 4.69) is 5.32 Å². The fraction of sp³-hybridized carbons (Fsp3) is 0.364. The van der Waals surface area contributed by atoms with E-state index >= 15 is 0 Å². The molecule has 90 valence electrons. The van der Waals surface area contributed by atoms with Crippen molar-refractivity contribution in [2.45, 2.75) is 12.8 Å². The van der Waals surface area contributed by atoms with Crippen LogP contribution in [-0.4, -0.2) is 22.5 Å². The second-order valence-corrected chi connectivity index (χ2v) is 4.09. The summed E-state index contributed by atoms with van der Waals surface area (Å²) in [5.74, 6) is -0.727. The van der Waals surface area contributed by atoms with Crippen molar-refractivity contribution in [1.82, 2.24) is 0 Å². The highest BCUT2D eigenvalue weighted by atomic mass is 16.6. The van der Waals surface area contributed by atoms with Gasteiger partial charge in [0.05, 0.1) is 4.92 Å². The molecule has 6 nitrogen and oxygen atoms in total. The third-order valence-electron chi connectivity index (χ3n) is 2.73. The lowest BCUT2D eigenvalue weighted by Crippen LogP contribution is -2.09. The molecular formula is C11H12N2O4. The minimum Gasteiger partial charge on any atom is -0.477 e. The Kier molecular flexibility index (Phi) is 2.95. The smallest absolute Gasteiger partial charge is 0.342 e. The Hall–Kier alpha value is -2.11. The number of para-hydroxylation sites is 1. The first kappa shape index (κ1) is 11.4. The Morgan fingerprint density at radius 3 is 2.76 bits per heavy atom. The summed E-state index contributed by atoms with van der Waals surface area (Å²) < 4.78 is 0. The normalized spacial score (nSPS) is 14.4. The van der Waals surface area contributed by atoms with Crippen LogP contribution in [-0.2, 0) is 0 Å². The summed E-state index contributed by atoms with van der Waals surface area (Å²) in [5.41, 5.74) is -0.363. The molecule has 1 fully saturated rings. The van der Waals surface area contributed by atoms with Gasteiger partial charge in [0.2, 0.25) is 0 Å². The van der Waals surface area contributed by atoms with E-state index in [1.165, 1.54) is 18.2 Å². The van der Waals surface area contributed by atoms with Crippen LogP contribution in [0.2, 0.25) is 0 Å². The number of carbonyl (C=O) groups is 1. The SMILES string of the molecule is O=C(O)c1cccc(NCC2CC2)c1[N+](=O)[O-]. The lowest BCUT2D eigenvalue weighted by molar-refractivity contribution is -0.384. The predicted molar refractivity (Wildman–Crippen MR) is 61.3 cm³/mol. The number of hydrogen-bond acceptors (Lipinski definition) is 4. The molecule has 0 bridgehead atoms. The molecule has 0 radical (unpaired) electrons. The Labute approximate surface area is 97.4 Å². The van der Waals surface area contributed by atoms with Gasteiger partial charge in [-0.1, -0.05) is 6.07 Å². The van der Waals surface area contributed by atoms with Gasteiger partial charge >= 0.3 is 11.7 Å². The van der Waals surface area contributed by atoms with Crippen molar-refractivity contribution in [2.24, 2.45) is 5.92 Å². The first-order valence-electron chi connectivity index (χ1n) is 5.34. The van der Waals surface area contributed by atoms with Gasteiger partial charge in [0, 0.05) is 6.54 Å². The number of carboxylic acids is 1. The molecule has 0 aliphatic heterocycles. The van der Waals surface area contributed by atoms with Crippen LogP contribution in [0.15, 0.2) is 18.2 Å². The zero-order valence-electron chi connectivity index (χ0n) is 9.05. The number of nitrogens with one attached hydrogen (secondary N) is 1. The van der Waals surface area contributed by atoms with Crippen LogP contribution in [0.4, 0.5) is 11.4 Å². The first-order valence-corrected chi connectivity index (χ1v) is 5.34. The Morgan fingerprint density at radius 1 is 1.53 bits per heavy atom. The molecule has 0 heterocycles. The van der Waals surface area contributed by atoms with Crippen molar-refractivity contribution >= 4 is 17.3 Å². The molecule has 0 aromatic heterocycles. The van der Waals surface area contributed by atoms with Gasteiger partial charge in [-0.25, -0.2) is 4.79 Å². The van der Waals surface area contributed by atoms with Gasteiger partial charge in [0.1, 0.15) is 11.3 Å². The molecule has 1 aromatic carbocycles. The Bertz CT molecular complexity index is 469. The topological polar surface area (TPSA) is 92.5 Å². The molecule has 1 saturated carbocycles. The van der Waals surface area contributed by atoms with E-state index in [1.54, 1.807) is 0 Å². The van der Waals surface area contributed by atoms with E-state index in [9.17, 15) is 14.9 Å². The zero-order chi connectivity index (χ0) is 12.4. The maximum absolute atomic E-state index is 10.9. The number of benzene rings is 1. The molecule has 1 aliphatic rings. The van der Waals surface area contributed by atoms with E-state index in [-0.39, 0.29) is 16.9 Å². The minimum atomic E-state index is -1.29. The van der Waals surface area contributed by atoms with Crippen molar-refractivity contribution in [3.63, 3.8) is 0 Å². The van der Waals surface area contributed by atoms with Crippen LogP contribution in [0.1, 0.15) is 23.2 Å². The second-order valence-electron chi connectivity index (χ2n) is 4.09. The highest BCUT2D eigenvalue weighted by molar-refractivity contribution is 5.95. The average molecular weight is 236 g/mol. The van der Waals surface area contributed by atoms with Gasteiger partial charge in [-0.3, -0.25) is 10.1 Å². The first-order chi connectivity index (χ1) is 8.09. The van der Waals surface area contributed by atoms with Crippen LogP contribution in [0, 0.1) is 16.0 Å². The van der Waals surface area contributed by atoms with E-state index in [0.29, 0.717) is 12.5 Å². The van der Waals surface area contributed by atoms with Gasteiger partial charge < -0.3 is 10.4 Å². The maximum atomic E-state index is 10.9. The van der Waals surface area contributed by atoms with Gasteiger partial charge in [0.25, 0.3) is 0 Å². The average Bonchev–Trinajstić information content (AvgIpc) is 3.09. The van der Waals surface area contributed by atoms with Crippen molar-refractivity contribution in [2.75, 3.05) is 11.9 Å². The zero-order valence-corrected chi connectivity index (χ0v) is 9.05. The summed E-state index contributed by atoms with van der Waals surface area (Å²) in [6.45, 7) is 0.657. The molecule has 1 aromatic rings. The molecule has 0 atom stereocenters. The standard InChI is InChI=1S/C11H12N2O4/c14-11(15)8-2-1-3-9(10(8)13(16)17)12-6-7-4-5-7/h1-3,7,12H,4-6H2,(H,14,15). The highest BCUT2D eigenvalue weighted by Gasteiger charge is 2.26. The van der Waals surface area contributed by atoms with Crippen LogP contribution in [0.5, 0.6) is 0 Å². The fourth-order valence-corrected chi connectivity index (χ4v) is 1.63. The summed E-state index contributed by atoms with van der Waals surface area (Å²) in [5, 5.41) is 22.8. The maximum Gasteiger partial charge on any atom is 0.342 e. The quantitative estimate of drug-likeness (QED) is 0.603. The second kappa shape index (κ2) is 4.40. The molecular weight excluding hydrogens is 224 g/mol. The van der Waals surface area contributed by atoms with Gasteiger partial charge in [0.15, 0.2) is 0 Å². The number of nitrogens with zero attached hydrogens (tertiary/aromatic N) is 1. The largest absolute Gasteiger partial charge is 0.477 e. The van der Waals surface area contributed by atoms with E-state index < -0.39 is 10.9 Å². The minimum absolute atomic E-state index is 0.279. The van der Waals surface area contributed by atoms with Crippen LogP contribution >= 0.6 is 0 Å². The molecule has 2 N–H and O–H groups in total. The monoisotopic (exact) mass is 236 g/mol. The predicted octanol–water partition coefficient (Wildman–Crippen LogP) is 2.11. The van der Waals surface area contributed by atoms with Crippen molar-refractivity contribution in [3.05, 3.63) is 33.9 Å². The Morgan fingerprint density at radius 2 is 2.24 bits per heavy atom. The Balaban J connectivity index is 2.31. The van der Waals surface area contributed by atoms with Gasteiger partial charge in [-0.05, 0) is 30.9 Å². The number of hydrogen-bond donors (Lipinski definition) is 2. The van der Waals surface area contributed by atoms with Gasteiger partial charge in [-0.15, -0.1) is 0 Å². The number of carboxylic acid groups (broad SMARTS) is 1. The molecule has 0 saturated heterocycles. The number of nitro benzene ring substituents is 1. The van der Waals surface area contributed by atoms with E-state index in [0.717, 1.165) is 12.8 Å². The van der Waals surface area contributed by atoms with Crippen molar-refractivity contribution < 1.29 is 14.8 Å². The van der Waals surface area contributed by atoms with Crippen molar-refractivity contribution in [1.29, 1.82) is 0 Å². The molecule has 1 aliphatic carbocycles. The molecule has 0 spiro atoms. The molecule has 0 unspecified atom stereocenters.